The van der Waals surface area contributed by atoms with E-state index < -0.39 is 17.8 Å². The summed E-state index contributed by atoms with van der Waals surface area (Å²) in [6, 6.07) is 10.8. The van der Waals surface area contributed by atoms with E-state index in [0.717, 1.165) is 12.5 Å². The van der Waals surface area contributed by atoms with Crippen molar-refractivity contribution < 1.29 is 29.3 Å². The lowest BCUT2D eigenvalue weighted by molar-refractivity contribution is -0.118. The van der Waals surface area contributed by atoms with Gasteiger partial charge >= 0.3 is 11.9 Å². The molecule has 0 heterocycles. The first kappa shape index (κ1) is 20.0. The van der Waals surface area contributed by atoms with Crippen molar-refractivity contribution in [3.63, 3.8) is 0 Å². The third kappa shape index (κ3) is 5.57. The van der Waals surface area contributed by atoms with Gasteiger partial charge in [-0.25, -0.2) is 9.59 Å². The molecule has 0 aromatic heterocycles. The SMILES string of the molecule is CCC(C)c1ccc(OCC(=O)Nc2cc(C(=O)O)cc(C(=O)O)c2)cc1. The van der Waals surface area contributed by atoms with Crippen LogP contribution in [0.5, 0.6) is 5.75 Å². The number of hydrogen-bond donors (Lipinski definition) is 3. The molecule has 3 N–H and O–H groups in total. The van der Waals surface area contributed by atoms with E-state index in [9.17, 15) is 14.4 Å². The molecule has 0 bridgehead atoms. The van der Waals surface area contributed by atoms with Crippen molar-refractivity contribution in [2.24, 2.45) is 0 Å². The second kappa shape index (κ2) is 8.84. The first-order valence-electron chi connectivity index (χ1n) is 8.44. The standard InChI is InChI=1S/C20H21NO6/c1-3-12(2)13-4-6-17(7-5-13)27-11-18(22)21-16-9-14(19(23)24)8-15(10-16)20(25)26/h4-10,12H,3,11H2,1-2H3,(H,21,22)(H,23,24)(H,25,26). The fourth-order valence-corrected chi connectivity index (χ4v) is 2.42. The van der Waals surface area contributed by atoms with Gasteiger partial charge in [0.2, 0.25) is 0 Å². The maximum Gasteiger partial charge on any atom is 0.335 e. The van der Waals surface area contributed by atoms with Crippen LogP contribution in [0.2, 0.25) is 0 Å². The Bertz CT molecular complexity index is 812. The fourth-order valence-electron chi connectivity index (χ4n) is 2.42. The molecule has 142 valence electrons. The Kier molecular flexibility index (Phi) is 6.54. The fraction of sp³-hybridized carbons (Fsp3) is 0.250. The normalized spacial score (nSPS) is 11.5. The quantitative estimate of drug-likeness (QED) is 0.653. The summed E-state index contributed by atoms with van der Waals surface area (Å²) in [4.78, 5) is 34.2. The maximum atomic E-state index is 12.0. The minimum Gasteiger partial charge on any atom is -0.484 e. The van der Waals surface area contributed by atoms with Crippen LogP contribution in [0.4, 0.5) is 5.69 Å². The van der Waals surface area contributed by atoms with Gasteiger partial charge in [0.15, 0.2) is 6.61 Å². The Morgan fingerprint density at radius 1 is 1.00 bits per heavy atom. The number of benzene rings is 2. The van der Waals surface area contributed by atoms with Crippen LogP contribution in [-0.4, -0.2) is 34.7 Å². The molecule has 0 saturated carbocycles. The largest absolute Gasteiger partial charge is 0.484 e. The molecule has 0 spiro atoms. The van der Waals surface area contributed by atoms with Crippen LogP contribution in [0.1, 0.15) is 52.5 Å². The number of hydrogen-bond acceptors (Lipinski definition) is 4. The summed E-state index contributed by atoms with van der Waals surface area (Å²) in [6.45, 7) is 3.94. The maximum absolute atomic E-state index is 12.0. The molecule has 0 saturated heterocycles. The van der Waals surface area contributed by atoms with Crippen molar-refractivity contribution in [1.29, 1.82) is 0 Å². The van der Waals surface area contributed by atoms with Crippen molar-refractivity contribution >= 4 is 23.5 Å². The molecule has 0 radical (unpaired) electrons. The summed E-state index contributed by atoms with van der Waals surface area (Å²) in [5.41, 5.74) is 0.799. The predicted molar refractivity (Wildman–Crippen MR) is 99.6 cm³/mol. The van der Waals surface area contributed by atoms with Gasteiger partial charge in [0.05, 0.1) is 11.1 Å². The molecule has 0 fully saturated rings. The van der Waals surface area contributed by atoms with Crippen molar-refractivity contribution in [3.8, 4) is 5.75 Å². The van der Waals surface area contributed by atoms with Gasteiger partial charge < -0.3 is 20.3 Å². The number of anilines is 1. The summed E-state index contributed by atoms with van der Waals surface area (Å²) in [6.07, 6.45) is 1.02. The highest BCUT2D eigenvalue weighted by molar-refractivity contribution is 5.98. The average molecular weight is 371 g/mol. The lowest BCUT2D eigenvalue weighted by Crippen LogP contribution is -2.20. The molecule has 0 aliphatic rings. The van der Waals surface area contributed by atoms with Gasteiger partial charge in [-0.05, 0) is 48.2 Å². The average Bonchev–Trinajstić information content (AvgIpc) is 2.65. The number of nitrogens with one attached hydrogen (secondary N) is 1. The molecule has 1 amide bonds. The van der Waals surface area contributed by atoms with Gasteiger partial charge in [-0.2, -0.15) is 0 Å². The van der Waals surface area contributed by atoms with Gasteiger partial charge in [-0.1, -0.05) is 26.0 Å². The van der Waals surface area contributed by atoms with Crippen LogP contribution in [0.3, 0.4) is 0 Å². The minimum absolute atomic E-state index is 0.0769. The summed E-state index contributed by atoms with van der Waals surface area (Å²) < 4.78 is 5.42. The molecule has 1 atom stereocenters. The number of carboxylic acid groups (broad SMARTS) is 2. The molecular formula is C20H21NO6. The van der Waals surface area contributed by atoms with Crippen molar-refractivity contribution in [3.05, 3.63) is 59.2 Å². The first-order chi connectivity index (χ1) is 12.8. The highest BCUT2D eigenvalue weighted by Gasteiger charge is 2.13. The van der Waals surface area contributed by atoms with Gasteiger partial charge in [-0.15, -0.1) is 0 Å². The van der Waals surface area contributed by atoms with E-state index in [-0.39, 0.29) is 23.4 Å². The zero-order valence-corrected chi connectivity index (χ0v) is 15.1. The van der Waals surface area contributed by atoms with E-state index in [1.165, 1.54) is 17.7 Å². The molecular weight excluding hydrogens is 350 g/mol. The zero-order valence-electron chi connectivity index (χ0n) is 15.1. The first-order valence-corrected chi connectivity index (χ1v) is 8.44. The summed E-state index contributed by atoms with van der Waals surface area (Å²) in [5, 5.41) is 20.6. The van der Waals surface area contributed by atoms with Gasteiger partial charge in [0, 0.05) is 5.69 Å². The number of amides is 1. The number of aromatic carboxylic acids is 2. The number of ether oxygens (including phenoxy) is 1. The molecule has 7 heteroatoms. The van der Waals surface area contributed by atoms with Crippen LogP contribution < -0.4 is 10.1 Å². The predicted octanol–water partition coefficient (Wildman–Crippen LogP) is 3.61. The van der Waals surface area contributed by atoms with Crippen molar-refractivity contribution in [2.75, 3.05) is 11.9 Å². The molecule has 1 unspecified atom stereocenters. The monoisotopic (exact) mass is 371 g/mol. The van der Waals surface area contributed by atoms with E-state index in [4.69, 9.17) is 14.9 Å². The number of carbonyl (C=O) groups is 3. The Morgan fingerprint density at radius 2 is 1.56 bits per heavy atom. The Hall–Kier alpha value is -3.35. The number of rotatable bonds is 8. The summed E-state index contributed by atoms with van der Waals surface area (Å²) >= 11 is 0. The van der Waals surface area contributed by atoms with E-state index >= 15 is 0 Å². The van der Waals surface area contributed by atoms with Crippen LogP contribution in [0.25, 0.3) is 0 Å². The van der Waals surface area contributed by atoms with Crippen LogP contribution in [0.15, 0.2) is 42.5 Å². The van der Waals surface area contributed by atoms with Gasteiger partial charge in [0.1, 0.15) is 5.75 Å². The Balaban J connectivity index is 2.01. The molecule has 2 rings (SSSR count). The third-order valence-electron chi connectivity index (χ3n) is 4.14. The van der Waals surface area contributed by atoms with Gasteiger partial charge in [0.25, 0.3) is 5.91 Å². The van der Waals surface area contributed by atoms with E-state index in [2.05, 4.69) is 19.2 Å². The summed E-state index contributed by atoms with van der Waals surface area (Å²) in [5.74, 6) is -2.13. The minimum atomic E-state index is -1.29. The Morgan fingerprint density at radius 3 is 2.04 bits per heavy atom. The van der Waals surface area contributed by atoms with Crippen molar-refractivity contribution in [2.45, 2.75) is 26.2 Å². The smallest absolute Gasteiger partial charge is 0.335 e. The van der Waals surface area contributed by atoms with Gasteiger partial charge in [-0.3, -0.25) is 4.79 Å². The molecule has 2 aromatic carbocycles. The van der Waals surface area contributed by atoms with E-state index in [1.807, 2.05) is 12.1 Å². The van der Waals surface area contributed by atoms with Crippen molar-refractivity contribution in [1.82, 2.24) is 0 Å². The lowest BCUT2D eigenvalue weighted by Gasteiger charge is -2.11. The second-order valence-corrected chi connectivity index (χ2v) is 6.12. The third-order valence-corrected chi connectivity index (χ3v) is 4.14. The number of carbonyl (C=O) groups excluding carboxylic acids is 1. The zero-order chi connectivity index (χ0) is 20.0. The summed E-state index contributed by atoms with van der Waals surface area (Å²) in [7, 11) is 0. The highest BCUT2D eigenvalue weighted by Crippen LogP contribution is 2.21. The molecule has 0 aliphatic heterocycles. The second-order valence-electron chi connectivity index (χ2n) is 6.12. The number of carboxylic acids is 2. The lowest BCUT2D eigenvalue weighted by atomic mass is 9.99. The Labute approximate surface area is 156 Å². The topological polar surface area (TPSA) is 113 Å². The molecule has 2 aromatic rings. The molecule has 27 heavy (non-hydrogen) atoms. The van der Waals surface area contributed by atoms with Crippen LogP contribution in [-0.2, 0) is 4.79 Å². The van der Waals surface area contributed by atoms with Crippen LogP contribution >= 0.6 is 0 Å². The van der Waals surface area contributed by atoms with Crippen LogP contribution in [0, 0.1) is 0 Å². The molecule has 0 aliphatic carbocycles. The highest BCUT2D eigenvalue weighted by atomic mass is 16.5. The van der Waals surface area contributed by atoms with E-state index in [1.54, 1.807) is 12.1 Å². The molecule has 7 nitrogen and oxygen atoms in total. The van der Waals surface area contributed by atoms with E-state index in [0.29, 0.717) is 11.7 Å².